The third-order valence-electron chi connectivity index (χ3n) is 8.50. The zero-order valence-corrected chi connectivity index (χ0v) is 24.5. The fraction of sp³-hybridized carbons (Fsp3) is 0.514. The molecule has 1 aliphatic heterocycles. The quantitative estimate of drug-likeness (QED) is 0.353. The molecule has 1 N–H and O–H groups in total. The summed E-state index contributed by atoms with van der Waals surface area (Å²) in [6.07, 6.45) is 8.96. The van der Waals surface area contributed by atoms with Crippen molar-refractivity contribution in [3.05, 3.63) is 63.0 Å². The van der Waals surface area contributed by atoms with Crippen molar-refractivity contribution in [3.63, 3.8) is 0 Å². The molecule has 0 aromatic heterocycles. The van der Waals surface area contributed by atoms with E-state index in [0.29, 0.717) is 17.8 Å². The van der Waals surface area contributed by atoms with E-state index in [2.05, 4.69) is 107 Å². The van der Waals surface area contributed by atoms with E-state index in [1.54, 1.807) is 0 Å². The summed E-state index contributed by atoms with van der Waals surface area (Å²) in [7, 11) is 4.17. The monoisotopic (exact) mass is 509 g/mol. The lowest BCUT2D eigenvalue weighted by Gasteiger charge is -2.35. The molecule has 2 aliphatic rings. The van der Waals surface area contributed by atoms with Gasteiger partial charge in [0.05, 0.1) is 17.3 Å². The van der Waals surface area contributed by atoms with Gasteiger partial charge in [0.1, 0.15) is 0 Å². The zero-order chi connectivity index (χ0) is 27.2. The largest absolute Gasteiger partial charge is 0.383 e. The van der Waals surface area contributed by atoms with Crippen LogP contribution >= 0.6 is 0 Å². The maximum absolute atomic E-state index is 5.41. The van der Waals surface area contributed by atoms with Crippen LogP contribution in [0.5, 0.6) is 0 Å². The minimum absolute atomic E-state index is 0.0907. The predicted octanol–water partition coefficient (Wildman–Crippen LogP) is 6.25. The number of hydrogen-bond donors (Lipinski definition) is 1. The molecular weight excluding hydrogens is 462 g/mol. The molecule has 1 saturated heterocycles. The molecule has 0 radical (unpaired) electrons. The van der Waals surface area contributed by atoms with Gasteiger partial charge in [0, 0.05) is 26.7 Å². The van der Waals surface area contributed by atoms with Crippen LogP contribution in [0.3, 0.4) is 0 Å². The van der Waals surface area contributed by atoms with Gasteiger partial charge in [-0.05, 0) is 121 Å². The van der Waals surface area contributed by atoms with Crippen LogP contribution in [-0.2, 0) is 0 Å². The Kier molecular flexibility index (Phi) is 9.50. The molecule has 38 heavy (non-hydrogen) atoms. The maximum Gasteiger partial charge on any atom is 0.0663 e. The van der Waals surface area contributed by atoms with Crippen LogP contribution in [0.1, 0.15) is 93.4 Å². The van der Waals surface area contributed by atoms with E-state index >= 15 is 0 Å². The molecule has 3 atom stereocenters. The van der Waals surface area contributed by atoms with Crippen molar-refractivity contribution in [1.82, 2.24) is 10.2 Å². The highest BCUT2D eigenvalue weighted by Gasteiger charge is 2.30. The fourth-order valence-corrected chi connectivity index (χ4v) is 5.99. The molecule has 0 amide bonds. The lowest BCUT2D eigenvalue weighted by molar-refractivity contribution is 0.279. The number of aliphatic imine (C=N–C) groups is 1. The van der Waals surface area contributed by atoms with Crippen molar-refractivity contribution in [1.29, 1.82) is 0 Å². The molecule has 3 nitrogen and oxygen atoms in total. The predicted molar refractivity (Wildman–Crippen MR) is 165 cm³/mol. The van der Waals surface area contributed by atoms with E-state index in [1.165, 1.54) is 53.2 Å². The van der Waals surface area contributed by atoms with E-state index in [-0.39, 0.29) is 5.92 Å². The third-order valence-corrected chi connectivity index (χ3v) is 8.50. The number of nitrogens with one attached hydrogen (secondary N) is 1. The highest BCUT2D eigenvalue weighted by Crippen LogP contribution is 2.41. The molecule has 2 fully saturated rings. The Balaban J connectivity index is 1.87. The molecule has 4 rings (SSSR count). The Morgan fingerprint density at radius 2 is 1.89 bits per heavy atom. The molecule has 0 spiro atoms. The van der Waals surface area contributed by atoms with E-state index < -0.39 is 0 Å². The molecule has 0 bridgehead atoms. The van der Waals surface area contributed by atoms with Crippen LogP contribution in [0.4, 0.5) is 5.69 Å². The van der Waals surface area contributed by atoms with Crippen LogP contribution < -0.4 is 15.8 Å². The first-order valence-corrected chi connectivity index (χ1v) is 14.7. The second-order valence-corrected chi connectivity index (χ2v) is 11.6. The average molecular weight is 510 g/mol. The lowest BCUT2D eigenvalue weighted by Crippen LogP contribution is -2.36. The van der Waals surface area contributed by atoms with Gasteiger partial charge < -0.3 is 10.2 Å². The van der Waals surface area contributed by atoms with Crippen molar-refractivity contribution in [2.24, 2.45) is 16.8 Å². The molecule has 2 aromatic carbocycles. The van der Waals surface area contributed by atoms with E-state index in [0.717, 1.165) is 42.5 Å². The first-order valence-electron chi connectivity index (χ1n) is 14.7. The van der Waals surface area contributed by atoms with E-state index in [1.807, 2.05) is 0 Å². The molecule has 2 aromatic rings. The molecule has 1 heterocycles. The van der Waals surface area contributed by atoms with E-state index in [9.17, 15) is 0 Å². The van der Waals surface area contributed by atoms with Crippen LogP contribution in [0, 0.1) is 30.6 Å². The SMILES string of the molecule is C=c1c(C2CCC2C)cc(C(=Nc2ccc(C3CCNCC3)cc2C)C(C#CCC)CC)c/c1=C/N(C)C. The van der Waals surface area contributed by atoms with Gasteiger partial charge >= 0.3 is 0 Å². The topological polar surface area (TPSA) is 27.6 Å². The lowest BCUT2D eigenvalue weighted by atomic mass is 9.70. The zero-order valence-electron chi connectivity index (χ0n) is 24.5. The number of nitrogens with zero attached hydrogens (tertiary/aromatic N) is 2. The van der Waals surface area contributed by atoms with Gasteiger partial charge in [-0.2, -0.15) is 0 Å². The summed E-state index contributed by atoms with van der Waals surface area (Å²) in [6.45, 7) is 15.7. The average Bonchev–Trinajstić information content (AvgIpc) is 2.90. The summed E-state index contributed by atoms with van der Waals surface area (Å²) in [4.78, 5) is 7.53. The molecule has 1 saturated carbocycles. The molecular formula is C35H47N3. The maximum atomic E-state index is 5.41. The Labute approximate surface area is 231 Å². The Bertz CT molecular complexity index is 1320. The second kappa shape index (κ2) is 12.8. The van der Waals surface area contributed by atoms with Crippen molar-refractivity contribution in [2.75, 3.05) is 27.2 Å². The molecule has 3 heteroatoms. The van der Waals surface area contributed by atoms with Gasteiger partial charge in [0.25, 0.3) is 0 Å². The molecule has 1 aliphatic carbocycles. The Morgan fingerprint density at radius 3 is 2.47 bits per heavy atom. The number of rotatable bonds is 7. The van der Waals surface area contributed by atoms with Gasteiger partial charge in [-0.15, -0.1) is 5.92 Å². The molecule has 202 valence electrons. The van der Waals surface area contributed by atoms with Crippen LogP contribution in [-0.4, -0.2) is 37.8 Å². The van der Waals surface area contributed by atoms with E-state index in [4.69, 9.17) is 4.99 Å². The minimum atomic E-state index is 0.0907. The van der Waals surface area contributed by atoms with Gasteiger partial charge in [-0.1, -0.05) is 45.4 Å². The van der Waals surface area contributed by atoms with Crippen molar-refractivity contribution in [3.8, 4) is 11.8 Å². The summed E-state index contributed by atoms with van der Waals surface area (Å²) in [6, 6.07) is 11.6. The van der Waals surface area contributed by atoms with Gasteiger partial charge in [0.15, 0.2) is 0 Å². The summed E-state index contributed by atoms with van der Waals surface area (Å²) in [5.74, 6) is 8.93. The number of piperidine rings is 1. The smallest absolute Gasteiger partial charge is 0.0663 e. The first kappa shape index (κ1) is 28.2. The third kappa shape index (κ3) is 6.41. The summed E-state index contributed by atoms with van der Waals surface area (Å²) in [5, 5.41) is 5.84. The minimum Gasteiger partial charge on any atom is -0.383 e. The van der Waals surface area contributed by atoms with Gasteiger partial charge in [0.2, 0.25) is 0 Å². The van der Waals surface area contributed by atoms with Crippen molar-refractivity contribution < 1.29 is 0 Å². The Morgan fingerprint density at radius 1 is 1.13 bits per heavy atom. The van der Waals surface area contributed by atoms with Crippen molar-refractivity contribution in [2.45, 2.75) is 78.1 Å². The molecule has 3 unspecified atom stereocenters. The second-order valence-electron chi connectivity index (χ2n) is 11.6. The standard InChI is InChI=1S/C35H47N3/c1-8-10-11-27(9-2)35(37-34-15-13-29(20-25(34)4)28-16-18-36-19-17-28)30-21-31(23-38(6)7)26(5)33(22-30)32-14-12-24(32)3/h13,15,20-24,27-28,32,36H,5,8-9,12,14,16-19H2,1-4,6-7H3/b31-23-,37-35?. The highest BCUT2D eigenvalue weighted by atomic mass is 15.0. The van der Waals surface area contributed by atoms with Gasteiger partial charge in [-0.3, -0.25) is 4.99 Å². The van der Waals surface area contributed by atoms with Crippen molar-refractivity contribution >= 4 is 24.2 Å². The van der Waals surface area contributed by atoms with Crippen LogP contribution in [0.15, 0.2) is 35.3 Å². The summed E-state index contributed by atoms with van der Waals surface area (Å²) < 4.78 is 0. The highest BCUT2D eigenvalue weighted by molar-refractivity contribution is 6.05. The fourth-order valence-electron chi connectivity index (χ4n) is 5.99. The Hall–Kier alpha value is -2.83. The normalized spacial score (nSPS) is 21.4. The first-order chi connectivity index (χ1) is 18.3. The summed E-state index contributed by atoms with van der Waals surface area (Å²) in [5.41, 5.74) is 7.43. The number of aryl methyl sites for hydroxylation is 1. The van der Waals surface area contributed by atoms with Gasteiger partial charge in [-0.25, -0.2) is 0 Å². The van der Waals surface area contributed by atoms with Crippen LogP contribution in [0.2, 0.25) is 0 Å². The summed E-state index contributed by atoms with van der Waals surface area (Å²) >= 11 is 0. The number of hydrogen-bond acceptors (Lipinski definition) is 3. The number of benzene rings is 2. The van der Waals surface area contributed by atoms with Crippen LogP contribution in [0.25, 0.3) is 12.8 Å².